The summed E-state index contributed by atoms with van der Waals surface area (Å²) in [5.41, 5.74) is 4.87. The minimum Gasteiger partial charge on any atom is -0.457 e. The molecule has 0 atom stereocenters. The molecule has 282 valence electrons. The van der Waals surface area contributed by atoms with Crippen molar-refractivity contribution in [2.45, 2.75) is 141 Å². The Kier molecular flexibility index (Phi) is 16.0. The first kappa shape index (κ1) is 45.6. The Balaban J connectivity index is 0.000000465. The smallest absolute Gasteiger partial charge is 0.183 e. The number of rotatable bonds is 5. The van der Waals surface area contributed by atoms with Gasteiger partial charge in [0.25, 0.3) is 0 Å². The second-order valence-electron chi connectivity index (χ2n) is 15.9. The maximum Gasteiger partial charge on any atom is 0.183 e. The van der Waals surface area contributed by atoms with E-state index >= 15 is 0 Å². The highest BCUT2D eigenvalue weighted by Crippen LogP contribution is 2.31. The fourth-order valence-corrected chi connectivity index (χ4v) is 6.95. The third-order valence-electron chi connectivity index (χ3n) is 7.95. The van der Waals surface area contributed by atoms with Gasteiger partial charge in [-0.05, 0) is 123 Å². The first-order valence-corrected chi connectivity index (χ1v) is 20.9. The van der Waals surface area contributed by atoms with Crippen molar-refractivity contribution in [1.29, 1.82) is 0 Å². The molecule has 0 unspecified atom stereocenters. The number of hydrogen-bond acceptors (Lipinski definition) is 5. The molecule has 0 fully saturated rings. The van der Waals surface area contributed by atoms with Crippen LogP contribution in [0.5, 0.6) is 11.5 Å². The zero-order chi connectivity index (χ0) is 39.6. The van der Waals surface area contributed by atoms with Crippen LogP contribution in [0.15, 0.2) is 107 Å². The van der Waals surface area contributed by atoms with Crippen LogP contribution in [0.1, 0.15) is 122 Å². The largest absolute Gasteiger partial charge is 0.457 e. The van der Waals surface area contributed by atoms with E-state index in [9.17, 15) is 16.8 Å². The molecular weight excluding hydrogens is 673 g/mol. The highest BCUT2D eigenvalue weighted by atomic mass is 32.2. The van der Waals surface area contributed by atoms with Crippen molar-refractivity contribution in [3.8, 4) is 22.6 Å². The number of sulfone groups is 2. The van der Waals surface area contributed by atoms with Crippen molar-refractivity contribution in [3.63, 3.8) is 0 Å². The highest BCUT2D eigenvalue weighted by Gasteiger charge is 2.31. The number of benzene rings is 4. The minimum absolute atomic E-state index is 0.0987. The van der Waals surface area contributed by atoms with E-state index in [0.29, 0.717) is 15.5 Å². The molecular formula is C44H64O5S2. The summed E-state index contributed by atoms with van der Waals surface area (Å²) in [7, 11) is -6.65. The van der Waals surface area contributed by atoms with Crippen LogP contribution in [-0.2, 0) is 30.5 Å². The molecule has 0 radical (unpaired) electrons. The van der Waals surface area contributed by atoms with Crippen molar-refractivity contribution >= 4 is 19.7 Å². The van der Waals surface area contributed by atoms with Crippen LogP contribution >= 0.6 is 0 Å². The second-order valence-corrected chi connectivity index (χ2v) is 21.3. The van der Waals surface area contributed by atoms with Gasteiger partial charge >= 0.3 is 0 Å². The van der Waals surface area contributed by atoms with Crippen LogP contribution in [-0.4, -0.2) is 26.3 Å². The number of ether oxygens (including phenoxy) is 1. The van der Waals surface area contributed by atoms with Crippen molar-refractivity contribution in [1.82, 2.24) is 0 Å². The third kappa shape index (κ3) is 12.3. The molecule has 0 N–H and O–H groups in total. The van der Waals surface area contributed by atoms with E-state index < -0.39 is 29.2 Å². The maximum absolute atomic E-state index is 12.5. The first-order chi connectivity index (χ1) is 23.3. The van der Waals surface area contributed by atoms with E-state index in [1.54, 1.807) is 77.9 Å². The maximum atomic E-state index is 12.5. The Morgan fingerprint density at radius 3 is 0.882 bits per heavy atom. The van der Waals surface area contributed by atoms with E-state index in [0.717, 1.165) is 16.9 Å². The number of hydrogen-bond donors (Lipinski definition) is 0. The molecule has 7 heteroatoms. The first-order valence-electron chi connectivity index (χ1n) is 17.9. The van der Waals surface area contributed by atoms with Gasteiger partial charge in [0.2, 0.25) is 0 Å². The van der Waals surface area contributed by atoms with Crippen molar-refractivity contribution in [2.75, 3.05) is 0 Å². The standard InChI is InChI=1S/C20H26O3S.C20H26O2S.2C2H6/c1-19(2,3)15-7-9-16(10-8-15)23-17-11-13-18(14-12-17)24(21,22)20(4,5)6;1-19(2,3)17-11-7-15(8-12-17)16-9-13-18(14-10-16)23(21,22)20(4,5)6;2*1-2/h7-14H,1-6H3;7-14H,1-6H3;2*1-2H3. The van der Waals surface area contributed by atoms with Crippen LogP contribution < -0.4 is 4.74 Å². The molecule has 0 aromatic heterocycles. The van der Waals surface area contributed by atoms with Crippen LogP contribution in [0.3, 0.4) is 0 Å². The van der Waals surface area contributed by atoms with Crippen molar-refractivity contribution in [2.24, 2.45) is 0 Å². The predicted octanol–water partition coefficient (Wildman–Crippen LogP) is 12.6. The molecule has 0 aliphatic carbocycles. The molecule has 0 aliphatic heterocycles. The Morgan fingerprint density at radius 2 is 0.608 bits per heavy atom. The van der Waals surface area contributed by atoms with Crippen LogP contribution in [0.25, 0.3) is 11.1 Å². The summed E-state index contributed by atoms with van der Waals surface area (Å²) < 4.78 is 53.9. The fourth-order valence-electron chi connectivity index (χ4n) is 4.54. The molecule has 4 aromatic rings. The molecule has 0 saturated carbocycles. The zero-order valence-corrected chi connectivity index (χ0v) is 35.7. The lowest BCUT2D eigenvalue weighted by Gasteiger charge is -2.20. The van der Waals surface area contributed by atoms with Crippen molar-refractivity contribution < 1.29 is 21.6 Å². The average Bonchev–Trinajstić information content (AvgIpc) is 3.06. The summed E-state index contributed by atoms with van der Waals surface area (Å²) in [5, 5.41) is 0. The molecule has 0 bridgehead atoms. The van der Waals surface area contributed by atoms with E-state index in [2.05, 4.69) is 65.8 Å². The summed E-state index contributed by atoms with van der Waals surface area (Å²) in [6.45, 7) is 31.3. The summed E-state index contributed by atoms with van der Waals surface area (Å²) in [6.07, 6.45) is 0. The summed E-state index contributed by atoms with van der Waals surface area (Å²) in [5.74, 6) is 1.35. The lowest BCUT2D eigenvalue weighted by Crippen LogP contribution is -2.27. The lowest BCUT2D eigenvalue weighted by atomic mass is 9.86. The Hall–Kier alpha value is -3.42. The minimum atomic E-state index is -3.34. The topological polar surface area (TPSA) is 77.5 Å². The third-order valence-corrected chi connectivity index (χ3v) is 13.0. The van der Waals surface area contributed by atoms with E-state index in [4.69, 9.17) is 4.74 Å². The summed E-state index contributed by atoms with van der Waals surface area (Å²) in [6, 6.07) is 30.1. The van der Waals surface area contributed by atoms with Gasteiger partial charge in [0, 0.05) is 0 Å². The second kappa shape index (κ2) is 17.9. The van der Waals surface area contributed by atoms with Gasteiger partial charge in [0.1, 0.15) is 11.5 Å². The molecule has 0 spiro atoms. The van der Waals surface area contributed by atoms with Gasteiger partial charge < -0.3 is 4.74 Å². The molecule has 4 rings (SSSR count). The van der Waals surface area contributed by atoms with Gasteiger partial charge in [0.15, 0.2) is 19.7 Å². The van der Waals surface area contributed by atoms with Crippen LogP contribution in [0, 0.1) is 0 Å². The van der Waals surface area contributed by atoms with E-state index in [-0.39, 0.29) is 10.8 Å². The van der Waals surface area contributed by atoms with E-state index in [1.807, 2.05) is 64.1 Å². The molecule has 0 amide bonds. The monoisotopic (exact) mass is 736 g/mol. The van der Waals surface area contributed by atoms with Crippen molar-refractivity contribution in [3.05, 3.63) is 108 Å². The Morgan fingerprint density at radius 1 is 0.373 bits per heavy atom. The van der Waals surface area contributed by atoms with Gasteiger partial charge in [-0.2, -0.15) is 0 Å². The van der Waals surface area contributed by atoms with Gasteiger partial charge in [-0.25, -0.2) is 16.8 Å². The molecule has 5 nitrogen and oxygen atoms in total. The molecule has 0 aliphatic rings. The zero-order valence-electron chi connectivity index (χ0n) is 34.1. The van der Waals surface area contributed by atoms with Crippen LogP contribution in [0.4, 0.5) is 0 Å². The molecule has 0 heterocycles. The highest BCUT2D eigenvalue weighted by molar-refractivity contribution is 7.93. The Labute approximate surface area is 311 Å². The fraction of sp³-hybridized carbons (Fsp3) is 0.455. The molecule has 0 saturated heterocycles. The lowest BCUT2D eigenvalue weighted by molar-refractivity contribution is 0.481. The predicted molar refractivity (Wildman–Crippen MR) is 219 cm³/mol. The average molecular weight is 737 g/mol. The van der Waals surface area contributed by atoms with Gasteiger partial charge in [0.05, 0.1) is 19.3 Å². The SMILES string of the molecule is CC.CC.CC(C)(C)c1ccc(-c2ccc(S(=O)(=O)C(C)(C)C)cc2)cc1.CC(C)(C)c1ccc(Oc2ccc(S(=O)(=O)C(C)(C)C)cc2)cc1. The Bertz CT molecular complexity index is 1840. The van der Waals surface area contributed by atoms with Gasteiger partial charge in [-0.3, -0.25) is 0 Å². The molecule has 4 aromatic carbocycles. The van der Waals surface area contributed by atoms with E-state index in [1.165, 1.54) is 11.1 Å². The van der Waals surface area contributed by atoms with Gasteiger partial charge in [-0.15, -0.1) is 0 Å². The summed E-state index contributed by atoms with van der Waals surface area (Å²) >= 11 is 0. The van der Waals surface area contributed by atoms with Gasteiger partial charge in [-0.1, -0.05) is 118 Å². The molecule has 51 heavy (non-hydrogen) atoms. The normalized spacial score (nSPS) is 12.2. The quantitative estimate of drug-likeness (QED) is 0.204. The summed E-state index contributed by atoms with van der Waals surface area (Å²) in [4.78, 5) is 0.686. The van der Waals surface area contributed by atoms with Crippen LogP contribution in [0.2, 0.25) is 0 Å².